The van der Waals surface area contributed by atoms with Crippen LogP contribution in [0.5, 0.6) is 0 Å². The lowest BCUT2D eigenvalue weighted by Gasteiger charge is -2.32. The zero-order valence-corrected chi connectivity index (χ0v) is 8.96. The predicted octanol–water partition coefficient (Wildman–Crippen LogP) is 3.00. The van der Waals surface area contributed by atoms with Crippen LogP contribution >= 0.6 is 0 Å². The van der Waals surface area contributed by atoms with Gasteiger partial charge in [0.25, 0.3) is 0 Å². The SMILES string of the molecule is CC=CCC(C)(C)C(O)C(C)C. The summed E-state index contributed by atoms with van der Waals surface area (Å²) >= 11 is 0. The minimum absolute atomic E-state index is 0.000671. The standard InChI is InChI=1S/C11H22O/c1-6-7-8-11(4,5)10(12)9(2)3/h6-7,9-10,12H,8H2,1-5H3. The van der Waals surface area contributed by atoms with Crippen LogP contribution < -0.4 is 0 Å². The van der Waals surface area contributed by atoms with E-state index in [9.17, 15) is 5.11 Å². The van der Waals surface area contributed by atoms with E-state index in [1.54, 1.807) is 0 Å². The summed E-state index contributed by atoms with van der Waals surface area (Å²) in [6.45, 7) is 10.3. The zero-order valence-electron chi connectivity index (χ0n) is 8.96. The summed E-state index contributed by atoms with van der Waals surface area (Å²) in [7, 11) is 0. The maximum atomic E-state index is 9.85. The second-order valence-corrected chi connectivity index (χ2v) is 4.45. The second-order valence-electron chi connectivity index (χ2n) is 4.45. The smallest absolute Gasteiger partial charge is 0.0616 e. The minimum atomic E-state index is -0.214. The highest BCUT2D eigenvalue weighted by atomic mass is 16.3. The maximum absolute atomic E-state index is 9.85. The van der Waals surface area contributed by atoms with Crippen LogP contribution in [0.3, 0.4) is 0 Å². The highest BCUT2D eigenvalue weighted by Crippen LogP contribution is 2.29. The molecule has 0 fully saturated rings. The first-order chi connectivity index (χ1) is 5.41. The molecule has 0 amide bonds. The average molecular weight is 170 g/mol. The topological polar surface area (TPSA) is 20.2 Å². The molecular weight excluding hydrogens is 148 g/mol. The van der Waals surface area contributed by atoms with E-state index in [4.69, 9.17) is 0 Å². The van der Waals surface area contributed by atoms with E-state index < -0.39 is 0 Å². The molecule has 1 nitrogen and oxygen atoms in total. The molecule has 0 radical (unpaired) electrons. The summed E-state index contributed by atoms with van der Waals surface area (Å²) in [5, 5.41) is 9.85. The molecule has 0 saturated carbocycles. The summed E-state index contributed by atoms with van der Waals surface area (Å²) in [5.74, 6) is 0.338. The van der Waals surface area contributed by atoms with Crippen molar-refractivity contribution in [3.8, 4) is 0 Å². The third kappa shape index (κ3) is 3.40. The molecule has 0 aromatic carbocycles. The van der Waals surface area contributed by atoms with E-state index in [-0.39, 0.29) is 11.5 Å². The molecule has 1 heteroatoms. The Morgan fingerprint density at radius 1 is 1.33 bits per heavy atom. The molecule has 1 atom stereocenters. The fraction of sp³-hybridized carbons (Fsp3) is 0.818. The van der Waals surface area contributed by atoms with E-state index in [0.717, 1.165) is 6.42 Å². The summed E-state index contributed by atoms with van der Waals surface area (Å²) in [5.41, 5.74) is 0.000671. The van der Waals surface area contributed by atoms with Crippen LogP contribution in [0.4, 0.5) is 0 Å². The first kappa shape index (κ1) is 11.7. The van der Waals surface area contributed by atoms with Crippen molar-refractivity contribution in [2.45, 2.75) is 47.1 Å². The van der Waals surface area contributed by atoms with Crippen LogP contribution in [-0.4, -0.2) is 11.2 Å². The summed E-state index contributed by atoms with van der Waals surface area (Å²) in [4.78, 5) is 0. The van der Waals surface area contributed by atoms with Gasteiger partial charge in [-0.15, -0.1) is 0 Å². The molecule has 72 valence electrons. The molecule has 0 aromatic heterocycles. The van der Waals surface area contributed by atoms with Crippen molar-refractivity contribution in [1.29, 1.82) is 0 Å². The monoisotopic (exact) mass is 170 g/mol. The first-order valence-corrected chi connectivity index (χ1v) is 4.71. The van der Waals surface area contributed by atoms with Crippen LogP contribution in [0.25, 0.3) is 0 Å². The Morgan fingerprint density at radius 3 is 2.17 bits per heavy atom. The molecule has 0 bridgehead atoms. The van der Waals surface area contributed by atoms with E-state index in [2.05, 4.69) is 33.8 Å². The van der Waals surface area contributed by atoms with E-state index in [1.165, 1.54) is 0 Å². The van der Waals surface area contributed by atoms with Gasteiger partial charge in [0.2, 0.25) is 0 Å². The molecule has 1 N–H and O–H groups in total. The first-order valence-electron chi connectivity index (χ1n) is 4.71. The maximum Gasteiger partial charge on any atom is 0.0616 e. The van der Waals surface area contributed by atoms with Crippen molar-refractivity contribution < 1.29 is 5.11 Å². The van der Waals surface area contributed by atoms with Crippen LogP contribution in [0.1, 0.15) is 41.0 Å². The number of aliphatic hydroxyl groups excluding tert-OH is 1. The molecule has 0 aliphatic rings. The summed E-state index contributed by atoms with van der Waals surface area (Å²) in [6.07, 6.45) is 4.89. The number of rotatable bonds is 4. The zero-order chi connectivity index (χ0) is 9.78. The molecule has 0 heterocycles. The molecule has 0 spiro atoms. The number of aliphatic hydroxyl groups is 1. The third-order valence-electron chi connectivity index (χ3n) is 2.31. The Morgan fingerprint density at radius 2 is 1.83 bits per heavy atom. The molecular formula is C11H22O. The Kier molecular flexibility index (Phi) is 4.54. The van der Waals surface area contributed by atoms with Gasteiger partial charge in [0.05, 0.1) is 6.10 Å². The predicted molar refractivity (Wildman–Crippen MR) is 54.1 cm³/mol. The van der Waals surface area contributed by atoms with E-state index in [1.807, 2.05) is 13.0 Å². The Labute approximate surface area is 76.5 Å². The summed E-state index contributed by atoms with van der Waals surface area (Å²) in [6, 6.07) is 0. The van der Waals surface area contributed by atoms with Gasteiger partial charge < -0.3 is 5.11 Å². The van der Waals surface area contributed by atoms with Gasteiger partial charge in [-0.05, 0) is 24.7 Å². The lowest BCUT2D eigenvalue weighted by atomic mass is 9.78. The van der Waals surface area contributed by atoms with Gasteiger partial charge in [0.1, 0.15) is 0 Å². The Hall–Kier alpha value is -0.300. The molecule has 0 aliphatic carbocycles. The highest BCUT2D eigenvalue weighted by molar-refractivity contribution is 4.89. The van der Waals surface area contributed by atoms with E-state index in [0.29, 0.717) is 5.92 Å². The normalized spacial score (nSPS) is 15.9. The van der Waals surface area contributed by atoms with Crippen molar-refractivity contribution >= 4 is 0 Å². The lowest BCUT2D eigenvalue weighted by molar-refractivity contribution is 0.0149. The summed E-state index contributed by atoms with van der Waals surface area (Å²) < 4.78 is 0. The van der Waals surface area contributed by atoms with Gasteiger partial charge in [0.15, 0.2) is 0 Å². The quantitative estimate of drug-likeness (QED) is 0.643. The van der Waals surface area contributed by atoms with Crippen LogP contribution in [0.2, 0.25) is 0 Å². The van der Waals surface area contributed by atoms with E-state index >= 15 is 0 Å². The van der Waals surface area contributed by atoms with Crippen LogP contribution in [-0.2, 0) is 0 Å². The fourth-order valence-corrected chi connectivity index (χ4v) is 1.44. The minimum Gasteiger partial charge on any atom is -0.392 e. The number of hydrogen-bond donors (Lipinski definition) is 1. The van der Waals surface area contributed by atoms with Gasteiger partial charge in [-0.2, -0.15) is 0 Å². The second kappa shape index (κ2) is 4.66. The van der Waals surface area contributed by atoms with Gasteiger partial charge >= 0.3 is 0 Å². The molecule has 0 aromatic rings. The number of allylic oxidation sites excluding steroid dienone is 2. The van der Waals surface area contributed by atoms with Crippen LogP contribution in [0.15, 0.2) is 12.2 Å². The highest BCUT2D eigenvalue weighted by Gasteiger charge is 2.28. The van der Waals surface area contributed by atoms with Crippen LogP contribution in [0, 0.1) is 11.3 Å². The largest absolute Gasteiger partial charge is 0.392 e. The molecule has 0 saturated heterocycles. The number of hydrogen-bond acceptors (Lipinski definition) is 1. The van der Waals surface area contributed by atoms with Crippen molar-refractivity contribution in [3.05, 3.63) is 12.2 Å². The molecule has 1 unspecified atom stereocenters. The van der Waals surface area contributed by atoms with Crippen molar-refractivity contribution in [3.63, 3.8) is 0 Å². The van der Waals surface area contributed by atoms with Gasteiger partial charge in [-0.25, -0.2) is 0 Å². The van der Waals surface area contributed by atoms with Crippen molar-refractivity contribution in [2.75, 3.05) is 0 Å². The average Bonchev–Trinajstić information content (AvgIpc) is 1.99. The lowest BCUT2D eigenvalue weighted by Crippen LogP contribution is -2.33. The van der Waals surface area contributed by atoms with Crippen molar-refractivity contribution in [1.82, 2.24) is 0 Å². The molecule has 0 rings (SSSR count). The van der Waals surface area contributed by atoms with Gasteiger partial charge in [0, 0.05) is 0 Å². The van der Waals surface area contributed by atoms with Gasteiger partial charge in [-0.3, -0.25) is 0 Å². The fourth-order valence-electron chi connectivity index (χ4n) is 1.44. The Bertz CT molecular complexity index is 145. The Balaban J connectivity index is 4.17. The van der Waals surface area contributed by atoms with Crippen molar-refractivity contribution in [2.24, 2.45) is 11.3 Å². The molecule has 12 heavy (non-hydrogen) atoms. The van der Waals surface area contributed by atoms with Gasteiger partial charge in [-0.1, -0.05) is 39.8 Å². The third-order valence-corrected chi connectivity index (χ3v) is 2.31. The molecule has 0 aliphatic heterocycles.